The van der Waals surface area contributed by atoms with Crippen molar-refractivity contribution >= 4 is 16.9 Å². The molecule has 3 rings (SSSR count). The van der Waals surface area contributed by atoms with Crippen LogP contribution in [-0.4, -0.2) is 23.0 Å². The number of nitrogens with zero attached hydrogens (tertiary/aromatic N) is 1. The lowest BCUT2D eigenvalue weighted by Crippen LogP contribution is -2.23. The van der Waals surface area contributed by atoms with Gasteiger partial charge in [0.25, 0.3) is 5.91 Å². The van der Waals surface area contributed by atoms with Gasteiger partial charge in [0.15, 0.2) is 0 Å². The summed E-state index contributed by atoms with van der Waals surface area (Å²) < 4.78 is 5.27. The van der Waals surface area contributed by atoms with E-state index in [2.05, 4.69) is 15.3 Å². The van der Waals surface area contributed by atoms with Gasteiger partial charge < -0.3 is 15.0 Å². The van der Waals surface area contributed by atoms with E-state index >= 15 is 0 Å². The van der Waals surface area contributed by atoms with Crippen LogP contribution < -0.4 is 10.1 Å². The summed E-state index contributed by atoms with van der Waals surface area (Å²) >= 11 is 0. The second kappa shape index (κ2) is 5.66. The van der Waals surface area contributed by atoms with E-state index in [1.807, 2.05) is 30.3 Å². The first-order valence-corrected chi connectivity index (χ1v) is 6.61. The fourth-order valence-electron chi connectivity index (χ4n) is 2.20. The van der Waals surface area contributed by atoms with Crippen LogP contribution in [-0.2, 0) is 6.54 Å². The molecule has 3 aromatic rings. The van der Waals surface area contributed by atoms with Crippen molar-refractivity contribution in [1.82, 2.24) is 15.3 Å². The number of carbonyl (C=O) groups is 1. The highest BCUT2D eigenvalue weighted by molar-refractivity contribution is 5.97. The predicted octanol–water partition coefficient (Wildman–Crippen LogP) is 2.50. The third-order valence-electron chi connectivity index (χ3n) is 3.31. The summed E-state index contributed by atoms with van der Waals surface area (Å²) in [5.41, 5.74) is 3.23. The molecule has 0 spiro atoms. The van der Waals surface area contributed by atoms with Crippen LogP contribution in [0.3, 0.4) is 0 Å². The number of amides is 1. The van der Waals surface area contributed by atoms with Gasteiger partial charge in [-0.15, -0.1) is 0 Å². The molecule has 0 aliphatic heterocycles. The maximum atomic E-state index is 12.2. The molecule has 0 radical (unpaired) electrons. The Labute approximate surface area is 122 Å². The lowest BCUT2D eigenvalue weighted by Gasteiger charge is -2.09. The molecule has 1 amide bonds. The van der Waals surface area contributed by atoms with Gasteiger partial charge in [0.2, 0.25) is 0 Å². The molecule has 1 aromatic heterocycles. The molecule has 2 N–H and O–H groups in total. The monoisotopic (exact) mass is 281 g/mol. The SMILES string of the molecule is COc1ccccc1CNC(=O)c1ccc2nc[nH]c2c1. The standard InChI is InChI=1S/C16H15N3O2/c1-21-15-5-3-2-4-12(15)9-17-16(20)11-6-7-13-14(8-11)19-10-18-13/h2-8,10H,9H2,1H3,(H,17,20)(H,18,19). The predicted molar refractivity (Wildman–Crippen MR) is 80.3 cm³/mol. The number of methoxy groups -OCH3 is 1. The maximum Gasteiger partial charge on any atom is 0.251 e. The summed E-state index contributed by atoms with van der Waals surface area (Å²) in [5.74, 6) is 0.638. The number of para-hydroxylation sites is 1. The Morgan fingerprint density at radius 3 is 3.00 bits per heavy atom. The van der Waals surface area contributed by atoms with Crippen LogP contribution in [0.4, 0.5) is 0 Å². The zero-order valence-corrected chi connectivity index (χ0v) is 11.6. The Morgan fingerprint density at radius 2 is 2.14 bits per heavy atom. The van der Waals surface area contributed by atoms with Gasteiger partial charge in [-0.25, -0.2) is 4.98 Å². The zero-order valence-electron chi connectivity index (χ0n) is 11.6. The normalized spacial score (nSPS) is 10.5. The van der Waals surface area contributed by atoms with Gasteiger partial charge in [-0.1, -0.05) is 18.2 Å². The number of aromatic amines is 1. The summed E-state index contributed by atoms with van der Waals surface area (Å²) in [5, 5.41) is 2.89. The number of carbonyl (C=O) groups excluding carboxylic acids is 1. The van der Waals surface area contributed by atoms with E-state index in [-0.39, 0.29) is 5.91 Å². The van der Waals surface area contributed by atoms with Crippen LogP contribution in [0.1, 0.15) is 15.9 Å². The molecule has 0 saturated heterocycles. The highest BCUT2D eigenvalue weighted by Gasteiger charge is 2.08. The van der Waals surface area contributed by atoms with E-state index in [0.717, 1.165) is 22.3 Å². The van der Waals surface area contributed by atoms with Crippen molar-refractivity contribution in [3.63, 3.8) is 0 Å². The molecule has 21 heavy (non-hydrogen) atoms. The smallest absolute Gasteiger partial charge is 0.251 e. The van der Waals surface area contributed by atoms with E-state index in [1.54, 1.807) is 25.6 Å². The number of H-pyrrole nitrogens is 1. The van der Waals surface area contributed by atoms with Crippen molar-refractivity contribution < 1.29 is 9.53 Å². The number of fused-ring (bicyclic) bond motifs is 1. The van der Waals surface area contributed by atoms with Crippen molar-refractivity contribution in [2.45, 2.75) is 6.54 Å². The molecule has 0 aliphatic carbocycles. The second-order valence-electron chi connectivity index (χ2n) is 4.63. The Kier molecular flexibility index (Phi) is 3.55. The van der Waals surface area contributed by atoms with Gasteiger partial charge in [0.1, 0.15) is 5.75 Å². The summed E-state index contributed by atoms with van der Waals surface area (Å²) in [6.45, 7) is 0.420. The minimum absolute atomic E-state index is 0.127. The van der Waals surface area contributed by atoms with Crippen molar-refractivity contribution in [1.29, 1.82) is 0 Å². The quantitative estimate of drug-likeness (QED) is 0.772. The first kappa shape index (κ1) is 13.2. The lowest BCUT2D eigenvalue weighted by molar-refractivity contribution is 0.0951. The minimum atomic E-state index is -0.127. The number of hydrogen-bond acceptors (Lipinski definition) is 3. The molecule has 0 fully saturated rings. The van der Waals surface area contributed by atoms with Crippen LogP contribution in [0.25, 0.3) is 11.0 Å². The van der Waals surface area contributed by atoms with E-state index in [1.165, 1.54) is 0 Å². The molecule has 0 bridgehead atoms. The molecule has 0 aliphatic rings. The highest BCUT2D eigenvalue weighted by Crippen LogP contribution is 2.17. The molecular weight excluding hydrogens is 266 g/mol. The summed E-state index contributed by atoms with van der Waals surface area (Å²) in [6, 6.07) is 13.0. The van der Waals surface area contributed by atoms with Gasteiger partial charge in [-0.05, 0) is 24.3 Å². The molecule has 1 heterocycles. The summed E-state index contributed by atoms with van der Waals surface area (Å²) in [7, 11) is 1.62. The van der Waals surface area contributed by atoms with Crippen molar-refractivity contribution in [3.8, 4) is 5.75 Å². The third kappa shape index (κ3) is 2.72. The second-order valence-corrected chi connectivity index (χ2v) is 4.63. The third-order valence-corrected chi connectivity index (χ3v) is 3.31. The molecule has 2 aromatic carbocycles. The molecule has 5 heteroatoms. The van der Waals surface area contributed by atoms with Crippen LogP contribution >= 0.6 is 0 Å². The number of aromatic nitrogens is 2. The number of nitrogens with one attached hydrogen (secondary N) is 2. The first-order valence-electron chi connectivity index (χ1n) is 6.61. The topological polar surface area (TPSA) is 67.0 Å². The van der Waals surface area contributed by atoms with E-state index in [9.17, 15) is 4.79 Å². The number of ether oxygens (including phenoxy) is 1. The number of rotatable bonds is 4. The largest absolute Gasteiger partial charge is 0.496 e. The fraction of sp³-hybridized carbons (Fsp3) is 0.125. The maximum absolute atomic E-state index is 12.2. The molecule has 0 saturated carbocycles. The number of benzene rings is 2. The van der Waals surface area contributed by atoms with Crippen LogP contribution in [0.2, 0.25) is 0 Å². The molecule has 0 unspecified atom stereocenters. The van der Waals surface area contributed by atoms with Crippen molar-refractivity contribution in [2.24, 2.45) is 0 Å². The average molecular weight is 281 g/mol. The van der Waals surface area contributed by atoms with Gasteiger partial charge in [0.05, 0.1) is 24.5 Å². The zero-order chi connectivity index (χ0) is 14.7. The molecule has 106 valence electrons. The Balaban J connectivity index is 1.74. The fourth-order valence-corrected chi connectivity index (χ4v) is 2.20. The Bertz CT molecular complexity index is 780. The Morgan fingerprint density at radius 1 is 1.29 bits per heavy atom. The molecule has 5 nitrogen and oxygen atoms in total. The van der Waals surface area contributed by atoms with Crippen LogP contribution in [0.5, 0.6) is 5.75 Å². The first-order chi connectivity index (χ1) is 10.3. The lowest BCUT2D eigenvalue weighted by atomic mass is 10.1. The Hall–Kier alpha value is -2.82. The number of imidazole rings is 1. The van der Waals surface area contributed by atoms with E-state index in [4.69, 9.17) is 4.74 Å². The van der Waals surface area contributed by atoms with Crippen molar-refractivity contribution in [2.75, 3.05) is 7.11 Å². The van der Waals surface area contributed by atoms with Crippen molar-refractivity contribution in [3.05, 3.63) is 59.9 Å². The van der Waals surface area contributed by atoms with E-state index < -0.39 is 0 Å². The van der Waals surface area contributed by atoms with Gasteiger partial charge >= 0.3 is 0 Å². The molecular formula is C16H15N3O2. The van der Waals surface area contributed by atoms with Crippen LogP contribution in [0, 0.1) is 0 Å². The summed E-state index contributed by atoms with van der Waals surface area (Å²) in [6.07, 6.45) is 1.61. The minimum Gasteiger partial charge on any atom is -0.496 e. The van der Waals surface area contributed by atoms with Gasteiger partial charge in [-0.3, -0.25) is 4.79 Å². The van der Waals surface area contributed by atoms with E-state index in [0.29, 0.717) is 12.1 Å². The molecule has 0 atom stereocenters. The van der Waals surface area contributed by atoms with Gasteiger partial charge in [0, 0.05) is 17.7 Å². The summed E-state index contributed by atoms with van der Waals surface area (Å²) in [4.78, 5) is 19.3. The van der Waals surface area contributed by atoms with Crippen LogP contribution in [0.15, 0.2) is 48.8 Å². The highest BCUT2D eigenvalue weighted by atomic mass is 16.5. The average Bonchev–Trinajstić information content (AvgIpc) is 3.00. The van der Waals surface area contributed by atoms with Gasteiger partial charge in [-0.2, -0.15) is 0 Å². The number of hydrogen-bond donors (Lipinski definition) is 2.